The summed E-state index contributed by atoms with van der Waals surface area (Å²) in [5, 5.41) is 15.1. The fourth-order valence-corrected chi connectivity index (χ4v) is 2.91. The van der Waals surface area contributed by atoms with Crippen LogP contribution in [0, 0.1) is 11.6 Å². The van der Waals surface area contributed by atoms with Crippen molar-refractivity contribution in [2.24, 2.45) is 0 Å². The molecule has 0 spiro atoms. The maximum absolute atomic E-state index is 15.0. The quantitative estimate of drug-likeness (QED) is 0.434. The van der Waals surface area contributed by atoms with Crippen molar-refractivity contribution in [3.63, 3.8) is 0 Å². The average Bonchev–Trinajstić information content (AvgIpc) is 3.15. The lowest BCUT2D eigenvalue weighted by Crippen LogP contribution is -2.33. The molecule has 0 aromatic carbocycles. The van der Waals surface area contributed by atoms with Gasteiger partial charge in [0.15, 0.2) is 35.2 Å². The number of methoxy groups -OCH3 is 1. The Morgan fingerprint density at radius 3 is 2.47 bits per heavy atom. The molecule has 0 saturated carbocycles. The molecule has 1 atom stereocenters. The Balaban J connectivity index is 2.14. The number of nitrogens with zero attached hydrogens (tertiary/aromatic N) is 5. The van der Waals surface area contributed by atoms with E-state index in [9.17, 15) is 32.3 Å². The summed E-state index contributed by atoms with van der Waals surface area (Å²) in [4.78, 5) is 32.6. The number of pyridine rings is 2. The molecule has 0 fully saturated rings. The molecule has 3 aromatic rings. The first kappa shape index (κ1) is 26.5. The van der Waals surface area contributed by atoms with Gasteiger partial charge in [0.05, 0.1) is 7.11 Å². The van der Waals surface area contributed by atoms with Gasteiger partial charge in [-0.15, -0.1) is 5.10 Å². The van der Waals surface area contributed by atoms with Crippen LogP contribution in [0.25, 0.3) is 5.82 Å². The van der Waals surface area contributed by atoms with Crippen LogP contribution in [-0.4, -0.2) is 54.7 Å². The van der Waals surface area contributed by atoms with Crippen LogP contribution in [0.3, 0.4) is 0 Å². The van der Waals surface area contributed by atoms with E-state index in [4.69, 9.17) is 9.47 Å². The van der Waals surface area contributed by atoms with E-state index in [1.165, 1.54) is 14.0 Å². The lowest BCUT2D eigenvalue weighted by atomic mass is 10.2. The zero-order chi connectivity index (χ0) is 26.8. The number of aliphatic hydroxyl groups is 1. The zero-order valence-corrected chi connectivity index (χ0v) is 18.9. The number of carbonyl (C=O) groups excluding carboxylic acids is 1. The van der Waals surface area contributed by atoms with Crippen molar-refractivity contribution in [2.45, 2.75) is 39.3 Å². The van der Waals surface area contributed by atoms with Gasteiger partial charge < -0.3 is 19.9 Å². The number of hydrogen-bond donors (Lipinski definition) is 2. The van der Waals surface area contributed by atoms with E-state index < -0.39 is 65.2 Å². The summed E-state index contributed by atoms with van der Waals surface area (Å²) < 4.78 is 79.6. The molecule has 3 heterocycles. The topological polar surface area (TPSA) is 133 Å². The second kappa shape index (κ2) is 10.3. The van der Waals surface area contributed by atoms with Gasteiger partial charge in [0.2, 0.25) is 11.8 Å². The smallest absolute Gasteiger partial charge is 0.425 e. The SMILES string of the molecule is CCn1c(CO)nn(-c2nc(OC(C)C(F)(F)F)c(C(=O)Nc3nc(OC)ccc3F)cc2F)c1=O. The summed E-state index contributed by atoms with van der Waals surface area (Å²) in [7, 11) is 1.22. The molecule has 0 bridgehead atoms. The molecule has 11 nitrogen and oxygen atoms in total. The van der Waals surface area contributed by atoms with Crippen LogP contribution >= 0.6 is 0 Å². The molecular formula is C20H19F5N6O5. The molecule has 0 aliphatic rings. The molecule has 36 heavy (non-hydrogen) atoms. The highest BCUT2D eigenvalue weighted by atomic mass is 19.4. The first-order chi connectivity index (χ1) is 16.9. The van der Waals surface area contributed by atoms with Crippen molar-refractivity contribution >= 4 is 11.7 Å². The van der Waals surface area contributed by atoms with E-state index in [1.54, 1.807) is 0 Å². The Bertz CT molecular complexity index is 1340. The Morgan fingerprint density at radius 1 is 1.22 bits per heavy atom. The van der Waals surface area contributed by atoms with Gasteiger partial charge in [0.25, 0.3) is 5.91 Å². The van der Waals surface area contributed by atoms with Crippen LogP contribution in [0.15, 0.2) is 23.0 Å². The van der Waals surface area contributed by atoms with Crippen molar-refractivity contribution in [2.75, 3.05) is 12.4 Å². The second-order valence-electron chi connectivity index (χ2n) is 7.10. The van der Waals surface area contributed by atoms with Crippen LogP contribution in [0.2, 0.25) is 0 Å². The van der Waals surface area contributed by atoms with E-state index >= 15 is 4.39 Å². The van der Waals surface area contributed by atoms with Crippen LogP contribution in [0.1, 0.15) is 30.0 Å². The summed E-state index contributed by atoms with van der Waals surface area (Å²) in [5.74, 6) is -6.54. The monoisotopic (exact) mass is 518 g/mol. The molecule has 0 radical (unpaired) electrons. The number of rotatable bonds is 8. The van der Waals surface area contributed by atoms with Crippen molar-refractivity contribution in [3.8, 4) is 17.6 Å². The fourth-order valence-electron chi connectivity index (χ4n) is 2.91. The molecule has 0 aliphatic heterocycles. The van der Waals surface area contributed by atoms with Gasteiger partial charge in [-0.25, -0.2) is 13.6 Å². The van der Waals surface area contributed by atoms with E-state index in [1.807, 2.05) is 5.32 Å². The Kier molecular flexibility index (Phi) is 7.57. The van der Waals surface area contributed by atoms with E-state index in [2.05, 4.69) is 15.1 Å². The average molecular weight is 518 g/mol. The number of amides is 1. The summed E-state index contributed by atoms with van der Waals surface area (Å²) >= 11 is 0. The lowest BCUT2D eigenvalue weighted by molar-refractivity contribution is -0.190. The number of carbonyl (C=O) groups is 1. The standard InChI is InChI=1S/C20H19F5N6O5/c1-4-30-13(8-32)29-31(19(30)34)16-12(22)7-10(18(28-16)36-9(2)20(23,24)25)17(33)27-15-11(21)5-6-14(26-15)35-3/h5-7,9,32H,4,8H2,1-3H3,(H,26,27,33). The molecule has 3 rings (SSSR count). The second-order valence-corrected chi connectivity index (χ2v) is 7.10. The molecule has 16 heteroatoms. The molecule has 1 amide bonds. The molecule has 0 aliphatic carbocycles. The molecular weight excluding hydrogens is 499 g/mol. The number of ether oxygens (including phenoxy) is 2. The van der Waals surface area contributed by atoms with Gasteiger partial charge in [-0.2, -0.15) is 27.8 Å². The number of aliphatic hydroxyl groups excluding tert-OH is 1. The minimum absolute atomic E-state index is 0.0321. The van der Waals surface area contributed by atoms with Crippen molar-refractivity contribution in [3.05, 3.63) is 51.7 Å². The Labute approximate surface area is 199 Å². The normalized spacial score (nSPS) is 12.4. The van der Waals surface area contributed by atoms with Gasteiger partial charge in [-0.3, -0.25) is 9.36 Å². The molecule has 2 N–H and O–H groups in total. The summed E-state index contributed by atoms with van der Waals surface area (Å²) in [5.41, 5.74) is -1.82. The third-order valence-electron chi connectivity index (χ3n) is 4.78. The van der Waals surface area contributed by atoms with Gasteiger partial charge in [0.1, 0.15) is 12.2 Å². The minimum atomic E-state index is -4.91. The van der Waals surface area contributed by atoms with E-state index in [0.29, 0.717) is 17.7 Å². The largest absolute Gasteiger partial charge is 0.481 e. The van der Waals surface area contributed by atoms with Crippen molar-refractivity contribution in [1.82, 2.24) is 24.3 Å². The predicted octanol–water partition coefficient (Wildman–Crippen LogP) is 2.20. The number of halogens is 5. The number of hydrogen-bond acceptors (Lipinski definition) is 8. The maximum atomic E-state index is 15.0. The molecule has 1 unspecified atom stereocenters. The number of alkyl halides is 3. The number of aromatic nitrogens is 5. The summed E-state index contributed by atoms with van der Waals surface area (Å²) in [6.07, 6.45) is -7.42. The molecule has 3 aromatic heterocycles. The van der Waals surface area contributed by atoms with Crippen LogP contribution in [0.5, 0.6) is 11.8 Å². The Morgan fingerprint density at radius 2 is 1.92 bits per heavy atom. The Hall–Kier alpha value is -4.08. The van der Waals surface area contributed by atoms with Crippen LogP contribution in [0.4, 0.5) is 27.8 Å². The third kappa shape index (κ3) is 5.27. The van der Waals surface area contributed by atoms with Crippen LogP contribution < -0.4 is 20.5 Å². The van der Waals surface area contributed by atoms with E-state index in [-0.39, 0.29) is 18.2 Å². The summed E-state index contributed by atoms with van der Waals surface area (Å²) in [6.45, 7) is 1.47. The number of anilines is 1. The predicted molar refractivity (Wildman–Crippen MR) is 112 cm³/mol. The highest BCUT2D eigenvalue weighted by Gasteiger charge is 2.39. The van der Waals surface area contributed by atoms with Gasteiger partial charge in [0, 0.05) is 12.6 Å². The minimum Gasteiger partial charge on any atom is -0.481 e. The molecule has 194 valence electrons. The van der Waals surface area contributed by atoms with Crippen molar-refractivity contribution in [1.29, 1.82) is 0 Å². The highest BCUT2D eigenvalue weighted by Crippen LogP contribution is 2.29. The third-order valence-corrected chi connectivity index (χ3v) is 4.78. The maximum Gasteiger partial charge on any atom is 0.425 e. The van der Waals surface area contributed by atoms with Crippen LogP contribution in [-0.2, 0) is 13.2 Å². The first-order valence-corrected chi connectivity index (χ1v) is 10.2. The van der Waals surface area contributed by atoms with Crippen molar-refractivity contribution < 1.29 is 41.3 Å². The van der Waals surface area contributed by atoms with Gasteiger partial charge in [-0.1, -0.05) is 0 Å². The van der Waals surface area contributed by atoms with Gasteiger partial charge in [-0.05, 0) is 26.0 Å². The number of nitrogens with one attached hydrogen (secondary N) is 1. The zero-order valence-electron chi connectivity index (χ0n) is 18.9. The first-order valence-electron chi connectivity index (χ1n) is 10.2. The summed E-state index contributed by atoms with van der Waals surface area (Å²) in [6, 6.07) is 2.50. The van der Waals surface area contributed by atoms with Gasteiger partial charge >= 0.3 is 11.9 Å². The fraction of sp³-hybridized carbons (Fsp3) is 0.350. The lowest BCUT2D eigenvalue weighted by Gasteiger charge is -2.19. The highest BCUT2D eigenvalue weighted by molar-refractivity contribution is 6.05. The molecule has 0 saturated heterocycles. The van der Waals surface area contributed by atoms with E-state index in [0.717, 1.165) is 16.7 Å².